The van der Waals surface area contributed by atoms with E-state index in [0.29, 0.717) is 18.5 Å². The van der Waals surface area contributed by atoms with E-state index in [9.17, 15) is 16.8 Å². The van der Waals surface area contributed by atoms with Gasteiger partial charge in [0.2, 0.25) is 10.0 Å². The molecule has 30 heavy (non-hydrogen) atoms. The van der Waals surface area contributed by atoms with Crippen molar-refractivity contribution in [1.29, 1.82) is 0 Å². The van der Waals surface area contributed by atoms with Gasteiger partial charge in [0.1, 0.15) is 5.75 Å². The first-order valence-electron chi connectivity index (χ1n) is 10.4. The minimum Gasteiger partial charge on any atom is -0.497 e. The van der Waals surface area contributed by atoms with Crippen LogP contribution in [-0.2, 0) is 26.6 Å². The summed E-state index contributed by atoms with van der Waals surface area (Å²) < 4.78 is 58.5. The fourth-order valence-corrected chi connectivity index (χ4v) is 6.14. The fourth-order valence-electron chi connectivity index (χ4n) is 4.93. The van der Waals surface area contributed by atoms with Crippen LogP contribution < -0.4 is 4.74 Å². The summed E-state index contributed by atoms with van der Waals surface area (Å²) in [7, 11) is -5.09. The van der Waals surface area contributed by atoms with Gasteiger partial charge in [0.05, 0.1) is 19.1 Å². The second kappa shape index (κ2) is 9.12. The molecule has 0 aromatic heterocycles. The van der Waals surface area contributed by atoms with Crippen molar-refractivity contribution in [2.75, 3.05) is 38.8 Å². The summed E-state index contributed by atoms with van der Waals surface area (Å²) in [6.45, 7) is 4.14. The number of nitrogens with zero attached hydrogens (tertiary/aromatic N) is 2. The number of hydrogen-bond acceptors (Lipinski definition) is 6. The quantitative estimate of drug-likeness (QED) is 0.687. The van der Waals surface area contributed by atoms with E-state index in [1.165, 1.54) is 24.3 Å². The van der Waals surface area contributed by atoms with Crippen LogP contribution in [0.2, 0.25) is 0 Å². The maximum absolute atomic E-state index is 12.2. The Labute approximate surface area is 180 Å². The molecule has 0 saturated carbocycles. The van der Waals surface area contributed by atoms with Gasteiger partial charge in [-0.2, -0.15) is 12.7 Å². The Morgan fingerprint density at radius 3 is 2.50 bits per heavy atom. The van der Waals surface area contributed by atoms with Gasteiger partial charge < -0.3 is 4.74 Å². The molecular weight excluding hydrogens is 428 g/mol. The minimum absolute atomic E-state index is 0.156. The van der Waals surface area contributed by atoms with Gasteiger partial charge in [-0.1, -0.05) is 6.07 Å². The molecule has 0 bridgehead atoms. The van der Waals surface area contributed by atoms with Crippen molar-refractivity contribution in [3.63, 3.8) is 0 Å². The van der Waals surface area contributed by atoms with E-state index < -0.39 is 20.1 Å². The van der Waals surface area contributed by atoms with E-state index in [1.807, 2.05) is 6.07 Å². The molecule has 3 aliphatic rings. The van der Waals surface area contributed by atoms with Gasteiger partial charge in [0.25, 0.3) is 10.1 Å². The van der Waals surface area contributed by atoms with Crippen LogP contribution in [0, 0.1) is 5.92 Å². The molecule has 0 amide bonds. The molecule has 0 unspecified atom stereocenters. The van der Waals surface area contributed by atoms with Gasteiger partial charge in [-0.15, -0.1) is 0 Å². The highest BCUT2D eigenvalue weighted by Crippen LogP contribution is 2.43. The zero-order valence-corrected chi connectivity index (χ0v) is 19.5. The van der Waals surface area contributed by atoms with E-state index in [-0.39, 0.29) is 11.8 Å². The zero-order chi connectivity index (χ0) is 22.1. The van der Waals surface area contributed by atoms with Crippen LogP contribution in [0.4, 0.5) is 0 Å². The van der Waals surface area contributed by atoms with Crippen molar-refractivity contribution in [2.24, 2.45) is 5.92 Å². The maximum atomic E-state index is 12.2. The van der Waals surface area contributed by atoms with E-state index in [2.05, 4.69) is 17.0 Å². The first-order valence-corrected chi connectivity index (χ1v) is 13.8. The third-order valence-electron chi connectivity index (χ3n) is 6.41. The predicted molar refractivity (Wildman–Crippen MR) is 116 cm³/mol. The lowest BCUT2D eigenvalue weighted by Crippen LogP contribution is -2.57. The van der Waals surface area contributed by atoms with Gasteiger partial charge in [-0.3, -0.25) is 9.45 Å². The lowest BCUT2D eigenvalue weighted by Gasteiger charge is -2.51. The molecule has 2 saturated heterocycles. The van der Waals surface area contributed by atoms with Crippen molar-refractivity contribution in [3.05, 3.63) is 29.3 Å². The highest BCUT2D eigenvalue weighted by Gasteiger charge is 2.44. The lowest BCUT2D eigenvalue weighted by atomic mass is 9.77. The molecule has 0 spiro atoms. The number of hydrogen-bond donors (Lipinski definition) is 1. The average molecular weight is 461 g/mol. The number of rotatable bonds is 3. The highest BCUT2D eigenvalue weighted by atomic mass is 32.2. The molecule has 0 radical (unpaired) electrons. The van der Waals surface area contributed by atoms with Gasteiger partial charge in [0, 0.05) is 31.7 Å². The van der Waals surface area contributed by atoms with Crippen molar-refractivity contribution in [3.8, 4) is 5.75 Å². The van der Waals surface area contributed by atoms with Crippen LogP contribution >= 0.6 is 0 Å². The number of fused-ring (bicyclic) bond motifs is 4. The second-order valence-electron chi connectivity index (χ2n) is 8.28. The van der Waals surface area contributed by atoms with Crippen molar-refractivity contribution in [2.45, 2.75) is 44.7 Å². The summed E-state index contributed by atoms with van der Waals surface area (Å²) in [5.41, 5.74) is 2.72. The Morgan fingerprint density at radius 1 is 1.20 bits per heavy atom. The maximum Gasteiger partial charge on any atom is 0.264 e. The standard InChI is InChI=1S/C18H26N2O3S.C2H6O3S/c1-23-15-5-6-16-13(10-15)7-9-19-12-14-4-3-8-20(24(2,21)22)17(14)11-18(16)19;1-2-6(3,4)5/h5-6,10,14,17-18H,3-4,7-9,11-12H2,1-2H3;2H2,1H3,(H,3,4,5)/t14-,17+,18+;/m1./s1. The third-order valence-corrected chi connectivity index (χ3v) is 8.45. The summed E-state index contributed by atoms with van der Waals surface area (Å²) in [5.74, 6) is 1.18. The summed E-state index contributed by atoms with van der Waals surface area (Å²) in [6.07, 6.45) is 5.46. The fraction of sp³-hybridized carbons (Fsp3) is 0.700. The van der Waals surface area contributed by atoms with E-state index in [1.54, 1.807) is 11.4 Å². The van der Waals surface area contributed by atoms with E-state index >= 15 is 0 Å². The molecule has 1 aromatic carbocycles. The van der Waals surface area contributed by atoms with Gasteiger partial charge in [-0.05, 0) is 61.8 Å². The molecule has 170 valence electrons. The molecule has 2 fully saturated rings. The molecule has 1 N–H and O–H groups in total. The summed E-state index contributed by atoms with van der Waals surface area (Å²) >= 11 is 0. The molecule has 0 aliphatic carbocycles. The Balaban J connectivity index is 0.000000377. The van der Waals surface area contributed by atoms with E-state index in [0.717, 1.165) is 44.5 Å². The molecule has 1 aromatic rings. The Hall–Kier alpha value is -1.20. The summed E-state index contributed by atoms with van der Waals surface area (Å²) in [6, 6.07) is 6.85. The average Bonchev–Trinajstić information content (AvgIpc) is 2.70. The predicted octanol–water partition coefficient (Wildman–Crippen LogP) is 1.93. The van der Waals surface area contributed by atoms with Crippen molar-refractivity contribution >= 4 is 20.1 Å². The summed E-state index contributed by atoms with van der Waals surface area (Å²) in [5, 5.41) is 0. The van der Waals surface area contributed by atoms with Crippen LogP contribution in [0.15, 0.2) is 18.2 Å². The summed E-state index contributed by atoms with van der Waals surface area (Å²) in [4.78, 5) is 2.57. The molecule has 3 atom stereocenters. The molecule has 10 heteroatoms. The van der Waals surface area contributed by atoms with Crippen LogP contribution in [0.3, 0.4) is 0 Å². The Morgan fingerprint density at radius 2 is 1.90 bits per heavy atom. The second-order valence-corrected chi connectivity index (χ2v) is 12.0. The normalized spacial score (nSPS) is 27.1. The largest absolute Gasteiger partial charge is 0.497 e. The number of ether oxygens (including phenoxy) is 1. The lowest BCUT2D eigenvalue weighted by molar-refractivity contribution is 0.0222. The first-order chi connectivity index (χ1) is 14.0. The number of sulfonamides is 1. The monoisotopic (exact) mass is 460 g/mol. The number of piperidine rings is 2. The molecule has 4 rings (SSSR count). The van der Waals surface area contributed by atoms with Crippen LogP contribution in [0.5, 0.6) is 5.75 Å². The van der Waals surface area contributed by atoms with Gasteiger partial charge in [-0.25, -0.2) is 8.42 Å². The Bertz CT molecular complexity index is 964. The molecule has 8 nitrogen and oxygen atoms in total. The number of methoxy groups -OCH3 is 1. The van der Waals surface area contributed by atoms with Crippen molar-refractivity contribution in [1.82, 2.24) is 9.21 Å². The van der Waals surface area contributed by atoms with Gasteiger partial charge >= 0.3 is 0 Å². The van der Waals surface area contributed by atoms with E-state index in [4.69, 9.17) is 9.29 Å². The van der Waals surface area contributed by atoms with Gasteiger partial charge in [0.15, 0.2) is 0 Å². The van der Waals surface area contributed by atoms with Crippen LogP contribution in [0.25, 0.3) is 0 Å². The zero-order valence-electron chi connectivity index (χ0n) is 17.8. The minimum atomic E-state index is -3.66. The molecular formula is C20H32N2O6S2. The molecule has 3 heterocycles. The Kier molecular flexibility index (Phi) is 7.13. The van der Waals surface area contributed by atoms with Crippen molar-refractivity contribution < 1.29 is 26.1 Å². The topological polar surface area (TPSA) is 104 Å². The highest BCUT2D eigenvalue weighted by molar-refractivity contribution is 7.88. The van der Waals surface area contributed by atoms with Crippen LogP contribution in [-0.4, -0.2) is 75.4 Å². The number of benzene rings is 1. The third kappa shape index (κ3) is 5.34. The SMILES string of the molecule is CCS(=O)(=O)O.COc1ccc2c(c1)CCN1C[C@H]3CCCN(S(C)(=O)=O)[C@H]3C[C@@H]21. The molecule has 3 aliphatic heterocycles. The van der Waals surface area contributed by atoms with Crippen LogP contribution in [0.1, 0.15) is 43.4 Å². The first kappa shape index (κ1) is 23.5. The smallest absolute Gasteiger partial charge is 0.264 e.